The molecule has 0 saturated carbocycles. The molecule has 0 spiro atoms. The Kier molecular flexibility index (Phi) is 6.42. The second-order valence-corrected chi connectivity index (χ2v) is 4.05. The molecule has 3 N–H and O–H groups in total. The van der Waals surface area contributed by atoms with E-state index in [0.717, 1.165) is 36.6 Å². The maximum atomic E-state index is 5.83. The molecule has 0 bridgehead atoms. The summed E-state index contributed by atoms with van der Waals surface area (Å²) in [7, 11) is 0. The zero-order chi connectivity index (χ0) is 11.8. The predicted molar refractivity (Wildman–Crippen MR) is 67.2 cm³/mol. The van der Waals surface area contributed by atoms with E-state index >= 15 is 0 Å². The Bertz CT molecular complexity index is 290. The Morgan fingerprint density at radius 3 is 2.62 bits per heavy atom. The van der Waals surface area contributed by atoms with Crippen LogP contribution in [0.5, 0.6) is 0 Å². The summed E-state index contributed by atoms with van der Waals surface area (Å²) in [5.41, 5.74) is 3.97. The molecular weight excluding hydrogens is 224 g/mol. The fourth-order valence-corrected chi connectivity index (χ4v) is 1.70. The number of nitrogens with two attached hydrogens (primary N) is 1. The molecule has 0 aromatic heterocycles. The first-order valence-corrected chi connectivity index (χ1v) is 5.95. The lowest BCUT2D eigenvalue weighted by Gasteiger charge is -2.16. The van der Waals surface area contributed by atoms with Gasteiger partial charge in [-0.1, -0.05) is 23.7 Å². The Morgan fingerprint density at radius 2 is 2.06 bits per heavy atom. The molecule has 0 heterocycles. The number of hydrogen-bond donors (Lipinski definition) is 2. The minimum absolute atomic E-state index is 0.165. The average Bonchev–Trinajstić information content (AvgIpc) is 2.31. The fourth-order valence-electron chi connectivity index (χ4n) is 1.58. The van der Waals surface area contributed by atoms with E-state index in [1.54, 1.807) is 0 Å². The lowest BCUT2D eigenvalue weighted by molar-refractivity contribution is 0.141. The minimum Gasteiger partial charge on any atom is -0.382 e. The number of ether oxygens (including phenoxy) is 1. The van der Waals surface area contributed by atoms with E-state index < -0.39 is 0 Å². The molecule has 1 aromatic rings. The van der Waals surface area contributed by atoms with E-state index in [1.807, 2.05) is 31.2 Å². The van der Waals surface area contributed by atoms with Gasteiger partial charge in [-0.2, -0.15) is 0 Å². The quantitative estimate of drug-likeness (QED) is 0.439. The van der Waals surface area contributed by atoms with Crippen molar-refractivity contribution >= 4 is 11.6 Å². The number of nitrogens with one attached hydrogen (secondary N) is 1. The van der Waals surface area contributed by atoms with Gasteiger partial charge in [0.05, 0.1) is 0 Å². The van der Waals surface area contributed by atoms with Gasteiger partial charge in [0.25, 0.3) is 0 Å². The van der Waals surface area contributed by atoms with Crippen molar-refractivity contribution in [3.05, 3.63) is 34.9 Å². The van der Waals surface area contributed by atoms with Gasteiger partial charge in [-0.15, -0.1) is 0 Å². The van der Waals surface area contributed by atoms with Crippen LogP contribution in [0.1, 0.15) is 31.4 Å². The molecule has 0 amide bonds. The van der Waals surface area contributed by atoms with Crippen LogP contribution in [-0.2, 0) is 4.74 Å². The molecule has 4 heteroatoms. The molecule has 90 valence electrons. The van der Waals surface area contributed by atoms with Crippen molar-refractivity contribution in [3.63, 3.8) is 0 Å². The van der Waals surface area contributed by atoms with Crippen LogP contribution in [0.2, 0.25) is 5.02 Å². The number of hydrazine groups is 1. The summed E-state index contributed by atoms with van der Waals surface area (Å²) in [5, 5.41) is 0.744. The number of rotatable bonds is 7. The van der Waals surface area contributed by atoms with Gasteiger partial charge < -0.3 is 4.74 Å². The van der Waals surface area contributed by atoms with Crippen molar-refractivity contribution in [3.8, 4) is 0 Å². The molecule has 0 aliphatic heterocycles. The van der Waals surface area contributed by atoms with E-state index in [1.165, 1.54) is 0 Å². The summed E-state index contributed by atoms with van der Waals surface area (Å²) >= 11 is 5.83. The van der Waals surface area contributed by atoms with Crippen LogP contribution in [0.25, 0.3) is 0 Å². The molecule has 0 saturated heterocycles. The smallest absolute Gasteiger partial charge is 0.0466 e. The van der Waals surface area contributed by atoms with Crippen LogP contribution < -0.4 is 11.3 Å². The summed E-state index contributed by atoms with van der Waals surface area (Å²) in [6.07, 6.45) is 1.95. The molecular formula is C12H19ClN2O. The Morgan fingerprint density at radius 1 is 1.38 bits per heavy atom. The normalized spacial score (nSPS) is 12.7. The van der Waals surface area contributed by atoms with E-state index in [-0.39, 0.29) is 6.04 Å². The van der Waals surface area contributed by atoms with Gasteiger partial charge >= 0.3 is 0 Å². The fraction of sp³-hybridized carbons (Fsp3) is 0.500. The summed E-state index contributed by atoms with van der Waals surface area (Å²) in [6, 6.07) is 7.91. The van der Waals surface area contributed by atoms with Gasteiger partial charge in [-0.25, -0.2) is 0 Å². The molecule has 16 heavy (non-hydrogen) atoms. The highest BCUT2D eigenvalue weighted by Crippen LogP contribution is 2.19. The molecule has 1 atom stereocenters. The van der Waals surface area contributed by atoms with Crippen LogP contribution in [-0.4, -0.2) is 13.2 Å². The van der Waals surface area contributed by atoms with Crippen molar-refractivity contribution in [2.24, 2.45) is 5.84 Å². The summed E-state index contributed by atoms with van der Waals surface area (Å²) in [6.45, 7) is 3.54. The second-order valence-electron chi connectivity index (χ2n) is 3.61. The first kappa shape index (κ1) is 13.5. The largest absolute Gasteiger partial charge is 0.382 e. The summed E-state index contributed by atoms with van der Waals surface area (Å²) in [5.74, 6) is 5.53. The summed E-state index contributed by atoms with van der Waals surface area (Å²) in [4.78, 5) is 0. The Hall–Kier alpha value is -0.610. The highest BCUT2D eigenvalue weighted by Gasteiger charge is 2.08. The van der Waals surface area contributed by atoms with Crippen molar-refractivity contribution in [1.29, 1.82) is 0 Å². The van der Waals surface area contributed by atoms with Gasteiger partial charge in [-0.05, 0) is 37.5 Å². The molecule has 1 aromatic carbocycles. The Balaban J connectivity index is 2.44. The molecule has 3 nitrogen and oxygen atoms in total. The standard InChI is InChI=1S/C12H19ClN2O/c1-2-16-9-3-4-12(15-14)10-5-7-11(13)8-6-10/h5-8,12,15H,2-4,9,14H2,1H3. The molecule has 1 rings (SSSR count). The summed E-state index contributed by atoms with van der Waals surface area (Å²) < 4.78 is 5.29. The van der Waals surface area contributed by atoms with Gasteiger partial charge in [0, 0.05) is 24.3 Å². The zero-order valence-corrected chi connectivity index (χ0v) is 10.3. The third-order valence-corrected chi connectivity index (χ3v) is 2.71. The highest BCUT2D eigenvalue weighted by molar-refractivity contribution is 6.30. The van der Waals surface area contributed by atoms with E-state index in [2.05, 4.69) is 5.43 Å². The van der Waals surface area contributed by atoms with E-state index in [0.29, 0.717) is 0 Å². The zero-order valence-electron chi connectivity index (χ0n) is 9.58. The number of halogens is 1. The van der Waals surface area contributed by atoms with Gasteiger partial charge in [0.1, 0.15) is 0 Å². The van der Waals surface area contributed by atoms with E-state index in [9.17, 15) is 0 Å². The van der Waals surface area contributed by atoms with Crippen LogP contribution >= 0.6 is 11.6 Å². The monoisotopic (exact) mass is 242 g/mol. The van der Waals surface area contributed by atoms with Crippen LogP contribution in [0.4, 0.5) is 0 Å². The maximum Gasteiger partial charge on any atom is 0.0466 e. The SMILES string of the molecule is CCOCCCC(NN)c1ccc(Cl)cc1. The lowest BCUT2D eigenvalue weighted by atomic mass is 10.0. The number of benzene rings is 1. The van der Waals surface area contributed by atoms with Crippen molar-refractivity contribution in [1.82, 2.24) is 5.43 Å². The third-order valence-electron chi connectivity index (χ3n) is 2.46. The van der Waals surface area contributed by atoms with Gasteiger partial charge in [0.15, 0.2) is 0 Å². The van der Waals surface area contributed by atoms with Crippen LogP contribution in [0, 0.1) is 0 Å². The van der Waals surface area contributed by atoms with Gasteiger partial charge in [-0.3, -0.25) is 11.3 Å². The van der Waals surface area contributed by atoms with Crippen molar-refractivity contribution in [2.45, 2.75) is 25.8 Å². The third kappa shape index (κ3) is 4.49. The number of hydrogen-bond acceptors (Lipinski definition) is 3. The highest BCUT2D eigenvalue weighted by atomic mass is 35.5. The molecule has 0 aliphatic carbocycles. The minimum atomic E-state index is 0.165. The van der Waals surface area contributed by atoms with Crippen molar-refractivity contribution < 1.29 is 4.74 Å². The second kappa shape index (κ2) is 7.63. The topological polar surface area (TPSA) is 47.3 Å². The Labute approximate surface area is 102 Å². The first-order chi connectivity index (χ1) is 7.77. The predicted octanol–water partition coefficient (Wildman–Crippen LogP) is 2.66. The molecule has 1 unspecified atom stereocenters. The molecule has 0 radical (unpaired) electrons. The lowest BCUT2D eigenvalue weighted by Crippen LogP contribution is -2.28. The van der Waals surface area contributed by atoms with Crippen molar-refractivity contribution in [2.75, 3.05) is 13.2 Å². The molecule has 0 fully saturated rings. The average molecular weight is 243 g/mol. The van der Waals surface area contributed by atoms with Gasteiger partial charge in [0.2, 0.25) is 0 Å². The van der Waals surface area contributed by atoms with E-state index in [4.69, 9.17) is 22.2 Å². The molecule has 0 aliphatic rings. The van der Waals surface area contributed by atoms with Crippen LogP contribution in [0.3, 0.4) is 0 Å². The maximum absolute atomic E-state index is 5.83. The first-order valence-electron chi connectivity index (χ1n) is 5.57. The van der Waals surface area contributed by atoms with Crippen LogP contribution in [0.15, 0.2) is 24.3 Å².